The van der Waals surface area contributed by atoms with Gasteiger partial charge in [-0.25, -0.2) is 0 Å². The van der Waals surface area contributed by atoms with Crippen LogP contribution in [0, 0.1) is 6.92 Å². The summed E-state index contributed by atoms with van der Waals surface area (Å²) in [7, 11) is 0. The Balaban J connectivity index is 2.50. The lowest BCUT2D eigenvalue weighted by Gasteiger charge is -2.28. The Morgan fingerprint density at radius 2 is 1.95 bits per heavy atom. The van der Waals surface area contributed by atoms with Crippen LogP contribution in [0.25, 0.3) is 10.8 Å². The summed E-state index contributed by atoms with van der Waals surface area (Å²) in [6.07, 6.45) is 0.0811. The maximum Gasteiger partial charge on any atom is 0.305 e. The van der Waals surface area contributed by atoms with Crippen molar-refractivity contribution in [2.75, 3.05) is 11.4 Å². The number of hydrogen-bond acceptors (Lipinski definition) is 4. The number of carboxylic acids is 1. The summed E-state index contributed by atoms with van der Waals surface area (Å²) < 4.78 is 0. The van der Waals surface area contributed by atoms with Crippen molar-refractivity contribution < 1.29 is 9.90 Å². The molecule has 0 aliphatic heterocycles. The van der Waals surface area contributed by atoms with E-state index in [1.165, 1.54) is 0 Å². The molecular weight excluding hydrogens is 254 g/mol. The fraction of sp³-hybridized carbons (Fsp3) is 0.400. The van der Waals surface area contributed by atoms with Gasteiger partial charge in [-0.1, -0.05) is 24.3 Å². The van der Waals surface area contributed by atoms with Gasteiger partial charge < -0.3 is 10.0 Å². The number of fused-ring (bicyclic) bond motifs is 1. The van der Waals surface area contributed by atoms with Gasteiger partial charge in [0.15, 0.2) is 5.82 Å². The smallest absolute Gasteiger partial charge is 0.305 e. The molecule has 106 valence electrons. The number of carbonyl (C=O) groups is 1. The summed E-state index contributed by atoms with van der Waals surface area (Å²) >= 11 is 0. The van der Waals surface area contributed by atoms with Crippen LogP contribution in [0.2, 0.25) is 0 Å². The molecule has 1 aromatic carbocycles. The van der Waals surface area contributed by atoms with Crippen LogP contribution in [0.5, 0.6) is 0 Å². The second kappa shape index (κ2) is 5.86. The van der Waals surface area contributed by atoms with Gasteiger partial charge in [0.2, 0.25) is 0 Å². The van der Waals surface area contributed by atoms with Crippen LogP contribution in [0.15, 0.2) is 24.3 Å². The standard InChI is InChI=1S/C15H19N3O2/c1-4-18(10(2)9-14(19)20)15-13-8-6-5-7-12(13)11(3)16-17-15/h5-8,10H,4,9H2,1-3H3,(H,19,20). The molecule has 1 unspecified atom stereocenters. The van der Waals surface area contributed by atoms with Gasteiger partial charge in [-0.05, 0) is 20.8 Å². The molecule has 1 heterocycles. The molecule has 0 saturated heterocycles. The molecule has 1 N–H and O–H groups in total. The SMILES string of the molecule is CCN(c1nnc(C)c2ccccc12)C(C)CC(=O)O. The van der Waals surface area contributed by atoms with Crippen molar-refractivity contribution in [1.82, 2.24) is 10.2 Å². The number of benzene rings is 1. The number of aliphatic carboxylic acids is 1. The highest BCUT2D eigenvalue weighted by Crippen LogP contribution is 2.27. The molecule has 1 aromatic heterocycles. The largest absolute Gasteiger partial charge is 0.481 e. The van der Waals surface area contributed by atoms with E-state index in [1.54, 1.807) is 0 Å². The molecule has 0 bridgehead atoms. The molecule has 0 fully saturated rings. The second-order valence-electron chi connectivity index (χ2n) is 4.89. The molecule has 0 saturated carbocycles. The van der Waals surface area contributed by atoms with Crippen LogP contribution in [-0.4, -0.2) is 33.9 Å². The summed E-state index contributed by atoms with van der Waals surface area (Å²) in [5.74, 6) is -0.0530. The van der Waals surface area contributed by atoms with Crippen molar-refractivity contribution in [3.05, 3.63) is 30.0 Å². The maximum atomic E-state index is 10.9. The van der Waals surface area contributed by atoms with Crippen molar-refractivity contribution in [2.45, 2.75) is 33.2 Å². The number of rotatable bonds is 5. The molecule has 0 radical (unpaired) electrons. The quantitative estimate of drug-likeness (QED) is 0.907. The summed E-state index contributed by atoms with van der Waals surface area (Å²) in [5.41, 5.74) is 0.881. The zero-order valence-electron chi connectivity index (χ0n) is 12.0. The maximum absolute atomic E-state index is 10.9. The topological polar surface area (TPSA) is 66.3 Å². The molecule has 0 aliphatic carbocycles. The Labute approximate surface area is 118 Å². The van der Waals surface area contributed by atoms with E-state index in [-0.39, 0.29) is 12.5 Å². The molecule has 2 rings (SSSR count). The summed E-state index contributed by atoms with van der Waals surface area (Å²) in [6, 6.07) is 7.82. The van der Waals surface area contributed by atoms with Crippen LogP contribution in [0.1, 0.15) is 26.0 Å². The van der Waals surface area contributed by atoms with Crippen molar-refractivity contribution in [3.63, 3.8) is 0 Å². The summed E-state index contributed by atoms with van der Waals surface area (Å²) in [4.78, 5) is 12.9. The minimum absolute atomic E-state index is 0.0811. The van der Waals surface area contributed by atoms with Gasteiger partial charge in [0.1, 0.15) is 0 Å². The van der Waals surface area contributed by atoms with Gasteiger partial charge in [-0.15, -0.1) is 5.10 Å². The van der Waals surface area contributed by atoms with E-state index in [0.717, 1.165) is 22.3 Å². The Bertz CT molecular complexity index is 628. The zero-order valence-corrected chi connectivity index (χ0v) is 12.0. The third-order valence-corrected chi connectivity index (χ3v) is 3.47. The average molecular weight is 273 g/mol. The minimum Gasteiger partial charge on any atom is -0.481 e. The average Bonchev–Trinajstić information content (AvgIpc) is 2.41. The predicted molar refractivity (Wildman–Crippen MR) is 79.0 cm³/mol. The molecule has 2 aromatic rings. The highest BCUT2D eigenvalue weighted by Gasteiger charge is 2.20. The van der Waals surface area contributed by atoms with Crippen molar-refractivity contribution >= 4 is 22.6 Å². The Morgan fingerprint density at radius 1 is 1.30 bits per heavy atom. The lowest BCUT2D eigenvalue weighted by atomic mass is 10.1. The van der Waals surface area contributed by atoms with E-state index >= 15 is 0 Å². The first-order chi connectivity index (χ1) is 9.54. The first-order valence-corrected chi connectivity index (χ1v) is 6.75. The number of anilines is 1. The monoisotopic (exact) mass is 273 g/mol. The van der Waals surface area contributed by atoms with Crippen LogP contribution in [-0.2, 0) is 4.79 Å². The van der Waals surface area contributed by atoms with Crippen molar-refractivity contribution in [3.8, 4) is 0 Å². The van der Waals surface area contributed by atoms with E-state index in [2.05, 4.69) is 10.2 Å². The van der Waals surface area contributed by atoms with Crippen LogP contribution >= 0.6 is 0 Å². The van der Waals surface area contributed by atoms with Crippen LogP contribution in [0.3, 0.4) is 0 Å². The summed E-state index contributed by atoms with van der Waals surface area (Å²) in [6.45, 7) is 6.51. The molecular formula is C15H19N3O2. The normalized spacial score (nSPS) is 12.3. The number of aryl methyl sites for hydroxylation is 1. The molecule has 0 amide bonds. The van der Waals surface area contributed by atoms with E-state index in [0.29, 0.717) is 6.54 Å². The molecule has 20 heavy (non-hydrogen) atoms. The number of hydrogen-bond donors (Lipinski definition) is 1. The highest BCUT2D eigenvalue weighted by atomic mass is 16.4. The van der Waals surface area contributed by atoms with Gasteiger partial charge in [-0.3, -0.25) is 4.79 Å². The van der Waals surface area contributed by atoms with E-state index in [1.807, 2.05) is 49.9 Å². The Morgan fingerprint density at radius 3 is 2.55 bits per heavy atom. The third-order valence-electron chi connectivity index (χ3n) is 3.47. The number of carboxylic acid groups (broad SMARTS) is 1. The van der Waals surface area contributed by atoms with Crippen molar-refractivity contribution in [1.29, 1.82) is 0 Å². The highest BCUT2D eigenvalue weighted by molar-refractivity contribution is 5.93. The van der Waals surface area contributed by atoms with E-state index < -0.39 is 5.97 Å². The molecule has 0 spiro atoms. The third kappa shape index (κ3) is 2.71. The molecule has 5 nitrogen and oxygen atoms in total. The van der Waals surface area contributed by atoms with Crippen LogP contribution in [0.4, 0.5) is 5.82 Å². The lowest BCUT2D eigenvalue weighted by Crippen LogP contribution is -2.35. The number of nitrogens with zero attached hydrogens (tertiary/aromatic N) is 3. The predicted octanol–water partition coefficient (Wildman–Crippen LogP) is 2.63. The van der Waals surface area contributed by atoms with Gasteiger partial charge in [0.05, 0.1) is 12.1 Å². The molecule has 0 aliphatic rings. The lowest BCUT2D eigenvalue weighted by molar-refractivity contribution is -0.137. The fourth-order valence-electron chi connectivity index (χ4n) is 2.47. The van der Waals surface area contributed by atoms with Gasteiger partial charge in [-0.2, -0.15) is 5.10 Å². The second-order valence-corrected chi connectivity index (χ2v) is 4.89. The van der Waals surface area contributed by atoms with E-state index in [9.17, 15) is 4.79 Å². The first-order valence-electron chi connectivity index (χ1n) is 6.75. The van der Waals surface area contributed by atoms with Crippen molar-refractivity contribution in [2.24, 2.45) is 0 Å². The first kappa shape index (κ1) is 14.2. The Hall–Kier alpha value is -2.17. The minimum atomic E-state index is -0.805. The molecule has 5 heteroatoms. The van der Waals surface area contributed by atoms with Gasteiger partial charge in [0.25, 0.3) is 0 Å². The Kier molecular flexibility index (Phi) is 4.17. The number of aromatic nitrogens is 2. The van der Waals surface area contributed by atoms with E-state index in [4.69, 9.17) is 5.11 Å². The van der Waals surface area contributed by atoms with Gasteiger partial charge in [0, 0.05) is 23.4 Å². The van der Waals surface area contributed by atoms with Crippen LogP contribution < -0.4 is 4.90 Å². The zero-order chi connectivity index (χ0) is 14.7. The van der Waals surface area contributed by atoms with Gasteiger partial charge >= 0.3 is 5.97 Å². The molecule has 1 atom stereocenters. The fourth-order valence-corrected chi connectivity index (χ4v) is 2.47. The summed E-state index contributed by atoms with van der Waals surface area (Å²) in [5, 5.41) is 19.5.